The van der Waals surface area contributed by atoms with Crippen LogP contribution in [-0.2, 0) is 6.54 Å². The molecule has 1 spiro atoms. The summed E-state index contributed by atoms with van der Waals surface area (Å²) in [6.07, 6.45) is 0. The van der Waals surface area contributed by atoms with E-state index in [2.05, 4.69) is 81.1 Å². The zero-order chi connectivity index (χ0) is 21.8. The molecular formula is C27H30N4O. The number of likely N-dealkylation sites (tertiary alicyclic amines) is 1. The molecule has 0 radical (unpaired) electrons. The van der Waals surface area contributed by atoms with Crippen LogP contribution in [0.3, 0.4) is 0 Å². The van der Waals surface area contributed by atoms with Crippen LogP contribution in [0.25, 0.3) is 0 Å². The number of rotatable bonds is 6. The fourth-order valence-corrected chi connectivity index (χ4v) is 5.19. The molecule has 2 heterocycles. The Bertz CT molecular complexity index is 1020. The van der Waals surface area contributed by atoms with Gasteiger partial charge in [0.15, 0.2) is 0 Å². The van der Waals surface area contributed by atoms with Gasteiger partial charge < -0.3 is 15.5 Å². The first-order valence-corrected chi connectivity index (χ1v) is 11.4. The van der Waals surface area contributed by atoms with Crippen molar-refractivity contribution >= 4 is 17.4 Å². The lowest BCUT2D eigenvalue weighted by Crippen LogP contribution is -2.62. The van der Waals surface area contributed by atoms with Crippen molar-refractivity contribution in [1.29, 1.82) is 0 Å². The second-order valence-corrected chi connectivity index (χ2v) is 9.11. The van der Waals surface area contributed by atoms with Crippen LogP contribution in [0.5, 0.6) is 0 Å². The van der Waals surface area contributed by atoms with E-state index in [1.807, 2.05) is 30.3 Å². The van der Waals surface area contributed by atoms with Crippen molar-refractivity contribution in [3.05, 3.63) is 96.6 Å². The monoisotopic (exact) mass is 426 g/mol. The van der Waals surface area contributed by atoms with Gasteiger partial charge in [-0.05, 0) is 35.7 Å². The Morgan fingerprint density at radius 2 is 1.47 bits per heavy atom. The predicted molar refractivity (Wildman–Crippen MR) is 130 cm³/mol. The van der Waals surface area contributed by atoms with Gasteiger partial charge in [-0.15, -0.1) is 0 Å². The molecule has 2 amide bonds. The molecular weight excluding hydrogens is 396 g/mol. The normalized spacial score (nSPS) is 19.5. The second-order valence-electron chi connectivity index (χ2n) is 9.11. The summed E-state index contributed by atoms with van der Waals surface area (Å²) in [6, 6.07) is 30.8. The van der Waals surface area contributed by atoms with Crippen molar-refractivity contribution in [3.8, 4) is 0 Å². The van der Waals surface area contributed by atoms with Gasteiger partial charge in [0, 0.05) is 56.1 Å². The summed E-state index contributed by atoms with van der Waals surface area (Å²) >= 11 is 0. The molecule has 5 nitrogen and oxygen atoms in total. The average molecular weight is 427 g/mol. The molecule has 0 aromatic heterocycles. The summed E-state index contributed by atoms with van der Waals surface area (Å²) < 4.78 is 0. The van der Waals surface area contributed by atoms with Crippen LogP contribution in [0.2, 0.25) is 0 Å². The van der Waals surface area contributed by atoms with Gasteiger partial charge >= 0.3 is 6.03 Å². The molecule has 0 saturated carbocycles. The van der Waals surface area contributed by atoms with E-state index < -0.39 is 0 Å². The molecule has 164 valence electrons. The number of nitrogens with one attached hydrogen (secondary N) is 2. The van der Waals surface area contributed by atoms with Crippen molar-refractivity contribution in [2.24, 2.45) is 11.3 Å². The minimum Gasteiger partial charge on any atom is -0.370 e. The molecule has 2 aliphatic heterocycles. The Morgan fingerprint density at radius 1 is 0.844 bits per heavy atom. The molecule has 1 atom stereocenters. The summed E-state index contributed by atoms with van der Waals surface area (Å²) in [4.78, 5) is 17.5. The first-order chi connectivity index (χ1) is 15.7. The van der Waals surface area contributed by atoms with Gasteiger partial charge in [-0.3, -0.25) is 4.90 Å². The number of urea groups is 1. The predicted octanol–water partition coefficient (Wildman–Crippen LogP) is 4.45. The number of amides is 2. The Morgan fingerprint density at radius 3 is 2.16 bits per heavy atom. The third-order valence-electron chi connectivity index (χ3n) is 6.81. The minimum absolute atomic E-state index is 0.132. The van der Waals surface area contributed by atoms with Crippen molar-refractivity contribution in [2.75, 3.05) is 42.9 Å². The molecule has 2 N–H and O–H groups in total. The molecule has 2 fully saturated rings. The number of hydrogen-bond donors (Lipinski definition) is 2. The maximum atomic E-state index is 12.5. The first-order valence-electron chi connectivity index (χ1n) is 11.4. The summed E-state index contributed by atoms with van der Waals surface area (Å²) in [5, 5.41) is 6.08. The molecule has 5 rings (SSSR count). The van der Waals surface area contributed by atoms with Gasteiger partial charge in [0.2, 0.25) is 0 Å². The first kappa shape index (κ1) is 20.6. The lowest BCUT2D eigenvalue weighted by atomic mass is 9.71. The van der Waals surface area contributed by atoms with Crippen LogP contribution in [0.1, 0.15) is 5.56 Å². The molecule has 0 aliphatic carbocycles. The molecule has 2 aliphatic rings. The van der Waals surface area contributed by atoms with Crippen LogP contribution in [0.15, 0.2) is 91.0 Å². The fourth-order valence-electron chi connectivity index (χ4n) is 5.19. The van der Waals surface area contributed by atoms with E-state index in [9.17, 15) is 4.79 Å². The zero-order valence-corrected chi connectivity index (χ0v) is 18.3. The highest BCUT2D eigenvalue weighted by atomic mass is 16.2. The summed E-state index contributed by atoms with van der Waals surface area (Å²) in [7, 11) is 0. The standard InChI is InChI=1S/C27H30N4O/c32-26(29-24-12-6-2-7-13-24)28-16-23-18-30(17-22-10-4-1-5-11-22)19-27(23)20-31(21-27)25-14-8-3-9-15-25/h1-15,23H,16-21H2,(H2,28,29,32). The van der Waals surface area contributed by atoms with Crippen LogP contribution in [0, 0.1) is 11.3 Å². The molecule has 2 saturated heterocycles. The van der Waals surface area contributed by atoms with E-state index in [1.165, 1.54) is 11.3 Å². The number of benzene rings is 3. The maximum Gasteiger partial charge on any atom is 0.319 e. The summed E-state index contributed by atoms with van der Waals surface area (Å²) in [6.45, 7) is 5.79. The second kappa shape index (κ2) is 9.05. The zero-order valence-electron chi connectivity index (χ0n) is 18.3. The van der Waals surface area contributed by atoms with Crippen molar-refractivity contribution in [2.45, 2.75) is 6.54 Å². The highest BCUT2D eigenvalue weighted by molar-refractivity contribution is 5.89. The van der Waals surface area contributed by atoms with Crippen molar-refractivity contribution in [1.82, 2.24) is 10.2 Å². The Hall–Kier alpha value is -3.31. The van der Waals surface area contributed by atoms with Gasteiger partial charge in [-0.2, -0.15) is 0 Å². The molecule has 3 aromatic rings. The van der Waals surface area contributed by atoms with E-state index in [4.69, 9.17) is 0 Å². The lowest BCUT2D eigenvalue weighted by Gasteiger charge is -2.52. The van der Waals surface area contributed by atoms with E-state index in [1.54, 1.807) is 0 Å². The van der Waals surface area contributed by atoms with E-state index in [-0.39, 0.29) is 11.4 Å². The van der Waals surface area contributed by atoms with Gasteiger partial charge in [-0.1, -0.05) is 66.7 Å². The Kier molecular flexibility index (Phi) is 5.82. The van der Waals surface area contributed by atoms with Crippen LogP contribution >= 0.6 is 0 Å². The number of carbonyl (C=O) groups is 1. The number of hydrogen-bond acceptors (Lipinski definition) is 3. The van der Waals surface area contributed by atoms with Crippen molar-refractivity contribution < 1.29 is 4.79 Å². The fraction of sp³-hybridized carbons (Fsp3) is 0.296. The summed E-state index contributed by atoms with van der Waals surface area (Å²) in [5.74, 6) is 0.424. The molecule has 32 heavy (non-hydrogen) atoms. The average Bonchev–Trinajstić information content (AvgIpc) is 3.17. The summed E-state index contributed by atoms with van der Waals surface area (Å²) in [5.41, 5.74) is 3.66. The van der Waals surface area contributed by atoms with E-state index in [0.29, 0.717) is 12.5 Å². The topological polar surface area (TPSA) is 47.6 Å². The third kappa shape index (κ3) is 4.48. The molecule has 3 aromatic carbocycles. The molecule has 0 bridgehead atoms. The van der Waals surface area contributed by atoms with Crippen LogP contribution < -0.4 is 15.5 Å². The van der Waals surface area contributed by atoms with Crippen LogP contribution in [-0.4, -0.2) is 43.7 Å². The van der Waals surface area contributed by atoms with Gasteiger partial charge in [0.1, 0.15) is 0 Å². The van der Waals surface area contributed by atoms with E-state index >= 15 is 0 Å². The highest BCUT2D eigenvalue weighted by Gasteiger charge is 2.53. The van der Waals surface area contributed by atoms with Crippen LogP contribution in [0.4, 0.5) is 16.2 Å². The van der Waals surface area contributed by atoms with Gasteiger partial charge in [0.05, 0.1) is 0 Å². The largest absolute Gasteiger partial charge is 0.370 e. The lowest BCUT2D eigenvalue weighted by molar-refractivity contribution is 0.155. The SMILES string of the molecule is O=C(NCC1CN(Cc2ccccc2)CC12CN(c1ccccc1)C2)Nc1ccccc1. The number of nitrogens with zero attached hydrogens (tertiary/aromatic N) is 2. The smallest absolute Gasteiger partial charge is 0.319 e. The van der Waals surface area contributed by atoms with Gasteiger partial charge in [-0.25, -0.2) is 4.79 Å². The molecule has 1 unspecified atom stereocenters. The molecule has 5 heteroatoms. The maximum absolute atomic E-state index is 12.5. The number of carbonyl (C=O) groups excluding carboxylic acids is 1. The third-order valence-corrected chi connectivity index (χ3v) is 6.81. The van der Waals surface area contributed by atoms with Gasteiger partial charge in [0.25, 0.3) is 0 Å². The van der Waals surface area contributed by atoms with E-state index in [0.717, 1.165) is 38.4 Å². The Labute approximate surface area is 190 Å². The quantitative estimate of drug-likeness (QED) is 0.612. The van der Waals surface area contributed by atoms with Crippen molar-refractivity contribution in [3.63, 3.8) is 0 Å². The number of para-hydroxylation sites is 2. The highest BCUT2D eigenvalue weighted by Crippen LogP contribution is 2.45. The minimum atomic E-state index is -0.132. The Balaban J connectivity index is 1.24. The number of anilines is 2.